The number of amides is 1. The van der Waals surface area contributed by atoms with Crippen molar-refractivity contribution in [2.24, 2.45) is 5.73 Å². The quantitative estimate of drug-likeness (QED) is 0.871. The predicted molar refractivity (Wildman–Crippen MR) is 78.0 cm³/mol. The molecule has 2 rings (SSSR count). The summed E-state index contributed by atoms with van der Waals surface area (Å²) in [5.74, 6) is -1.35. The molecule has 2 atom stereocenters. The van der Waals surface area contributed by atoms with Crippen LogP contribution in [0.3, 0.4) is 0 Å². The highest BCUT2D eigenvalue weighted by atomic mass is 19.1. The Morgan fingerprint density at radius 3 is 2.76 bits per heavy atom. The summed E-state index contributed by atoms with van der Waals surface area (Å²) in [5, 5.41) is 2.85. The van der Waals surface area contributed by atoms with Gasteiger partial charge in [-0.25, -0.2) is 8.78 Å². The van der Waals surface area contributed by atoms with Crippen molar-refractivity contribution in [3.8, 4) is 0 Å². The molecule has 3 N–H and O–H groups in total. The molecule has 1 fully saturated rings. The zero-order chi connectivity index (χ0) is 15.4. The minimum Gasteiger partial charge on any atom is -0.365 e. The molecule has 2 unspecified atom stereocenters. The third kappa shape index (κ3) is 3.69. The molecule has 1 aliphatic heterocycles. The summed E-state index contributed by atoms with van der Waals surface area (Å²) < 4.78 is 27.5. The van der Waals surface area contributed by atoms with Crippen LogP contribution in [-0.2, 0) is 4.79 Å². The Labute approximate surface area is 123 Å². The van der Waals surface area contributed by atoms with Crippen LogP contribution in [0.15, 0.2) is 18.2 Å². The first-order chi connectivity index (χ1) is 10.0. The lowest BCUT2D eigenvalue weighted by Crippen LogP contribution is -2.46. The van der Waals surface area contributed by atoms with Crippen molar-refractivity contribution in [2.75, 3.05) is 18.0 Å². The summed E-state index contributed by atoms with van der Waals surface area (Å²) in [6.45, 7) is 2.86. The van der Waals surface area contributed by atoms with Crippen LogP contribution in [-0.4, -0.2) is 31.1 Å². The maximum absolute atomic E-state index is 13.7. The molecular weight excluding hydrogens is 276 g/mol. The molecule has 1 amide bonds. The fraction of sp³-hybridized carbons (Fsp3) is 0.533. The van der Waals surface area contributed by atoms with E-state index in [0.717, 1.165) is 6.42 Å². The molecule has 1 aliphatic rings. The van der Waals surface area contributed by atoms with Crippen molar-refractivity contribution in [1.82, 2.24) is 5.32 Å². The van der Waals surface area contributed by atoms with Gasteiger partial charge in [-0.3, -0.25) is 4.79 Å². The van der Waals surface area contributed by atoms with Crippen molar-refractivity contribution < 1.29 is 13.6 Å². The maximum atomic E-state index is 13.7. The number of hydrogen-bond acceptors (Lipinski definition) is 3. The number of hydrogen-bond donors (Lipinski definition) is 2. The van der Waals surface area contributed by atoms with E-state index in [2.05, 4.69) is 5.32 Å². The second-order valence-electron chi connectivity index (χ2n) is 5.41. The Hall–Kier alpha value is -1.69. The van der Waals surface area contributed by atoms with Gasteiger partial charge < -0.3 is 16.0 Å². The number of carbonyl (C=O) groups excluding carboxylic acids is 1. The van der Waals surface area contributed by atoms with Gasteiger partial charge in [-0.05, 0) is 25.0 Å². The molecule has 0 bridgehead atoms. The molecular formula is C15H21F2N3O. The molecule has 0 aromatic heterocycles. The summed E-state index contributed by atoms with van der Waals surface area (Å²) in [6, 6.07) is 3.17. The molecule has 0 saturated carbocycles. The first-order valence-electron chi connectivity index (χ1n) is 7.27. The number of halogens is 2. The Kier molecular flexibility index (Phi) is 5.12. The van der Waals surface area contributed by atoms with Crippen LogP contribution >= 0.6 is 0 Å². The van der Waals surface area contributed by atoms with E-state index in [9.17, 15) is 13.6 Å². The first-order valence-corrected chi connectivity index (χ1v) is 7.27. The number of nitrogens with one attached hydrogen (secondary N) is 1. The highest BCUT2D eigenvalue weighted by Crippen LogP contribution is 2.26. The smallest absolute Gasteiger partial charge is 0.237 e. The van der Waals surface area contributed by atoms with Crippen molar-refractivity contribution in [3.63, 3.8) is 0 Å². The fourth-order valence-electron chi connectivity index (χ4n) is 2.62. The van der Waals surface area contributed by atoms with Gasteiger partial charge in [0.15, 0.2) is 0 Å². The van der Waals surface area contributed by atoms with Crippen LogP contribution in [0.4, 0.5) is 14.5 Å². The molecule has 0 aliphatic carbocycles. The van der Waals surface area contributed by atoms with Crippen molar-refractivity contribution in [1.29, 1.82) is 0 Å². The van der Waals surface area contributed by atoms with Gasteiger partial charge in [-0.2, -0.15) is 0 Å². The summed E-state index contributed by atoms with van der Waals surface area (Å²) in [7, 11) is 0. The summed E-state index contributed by atoms with van der Waals surface area (Å²) in [6.07, 6.45) is 2.12. The maximum Gasteiger partial charge on any atom is 0.237 e. The van der Waals surface area contributed by atoms with Crippen molar-refractivity contribution >= 4 is 11.6 Å². The van der Waals surface area contributed by atoms with Gasteiger partial charge in [0.2, 0.25) is 5.91 Å². The highest BCUT2D eigenvalue weighted by molar-refractivity contribution is 5.81. The monoisotopic (exact) mass is 297 g/mol. The molecule has 21 heavy (non-hydrogen) atoms. The number of nitrogens with two attached hydrogens (primary N) is 1. The molecule has 0 radical (unpaired) electrons. The Balaban J connectivity index is 1.96. The van der Waals surface area contributed by atoms with Crippen LogP contribution < -0.4 is 16.0 Å². The summed E-state index contributed by atoms with van der Waals surface area (Å²) in [4.78, 5) is 13.5. The van der Waals surface area contributed by atoms with E-state index in [4.69, 9.17) is 5.73 Å². The zero-order valence-corrected chi connectivity index (χ0v) is 12.1. The standard InChI is InChI=1S/C15H21F2N3O/c1-2-4-13(18)15(21)19-10-7-8-20(9-10)14-11(16)5-3-6-12(14)17/h3,5-6,10,13H,2,4,7-9,18H2,1H3,(H,19,21). The summed E-state index contributed by atoms with van der Waals surface area (Å²) >= 11 is 0. The normalized spacial score (nSPS) is 19.6. The number of para-hydroxylation sites is 1. The topological polar surface area (TPSA) is 58.4 Å². The number of nitrogens with zero attached hydrogens (tertiary/aromatic N) is 1. The van der Waals surface area contributed by atoms with Crippen molar-refractivity contribution in [3.05, 3.63) is 29.8 Å². The average molecular weight is 297 g/mol. The van der Waals surface area contributed by atoms with E-state index in [1.54, 1.807) is 4.90 Å². The van der Waals surface area contributed by atoms with Crippen LogP contribution in [0, 0.1) is 11.6 Å². The Morgan fingerprint density at radius 1 is 1.48 bits per heavy atom. The molecule has 0 spiro atoms. The number of carbonyl (C=O) groups is 1. The number of rotatable bonds is 5. The molecule has 1 heterocycles. The van der Waals surface area contributed by atoms with E-state index < -0.39 is 17.7 Å². The molecule has 6 heteroatoms. The second kappa shape index (κ2) is 6.85. The van der Waals surface area contributed by atoms with Crippen molar-refractivity contribution in [2.45, 2.75) is 38.3 Å². The van der Waals surface area contributed by atoms with Gasteiger partial charge in [-0.15, -0.1) is 0 Å². The molecule has 1 aromatic rings. The SMILES string of the molecule is CCCC(N)C(=O)NC1CCN(c2c(F)cccc2F)C1. The molecule has 1 aromatic carbocycles. The lowest BCUT2D eigenvalue weighted by molar-refractivity contribution is -0.123. The van der Waals surface area contributed by atoms with Crippen LogP contribution in [0.1, 0.15) is 26.2 Å². The Morgan fingerprint density at radius 2 is 2.14 bits per heavy atom. The number of benzene rings is 1. The highest BCUT2D eigenvalue weighted by Gasteiger charge is 2.28. The minimum atomic E-state index is -0.579. The van der Waals surface area contributed by atoms with Gasteiger partial charge in [0.25, 0.3) is 0 Å². The molecule has 4 nitrogen and oxygen atoms in total. The average Bonchev–Trinajstić information content (AvgIpc) is 2.87. The number of anilines is 1. The van der Waals surface area contributed by atoms with E-state index in [1.807, 2.05) is 6.92 Å². The van der Waals surface area contributed by atoms with E-state index >= 15 is 0 Å². The zero-order valence-electron chi connectivity index (χ0n) is 12.1. The predicted octanol–water partition coefficient (Wildman–Crippen LogP) is 1.79. The molecule has 1 saturated heterocycles. The lowest BCUT2D eigenvalue weighted by atomic mass is 10.1. The second-order valence-corrected chi connectivity index (χ2v) is 5.41. The van der Waals surface area contributed by atoms with Crippen LogP contribution in [0.25, 0.3) is 0 Å². The fourth-order valence-corrected chi connectivity index (χ4v) is 2.62. The third-order valence-corrected chi connectivity index (χ3v) is 3.72. The largest absolute Gasteiger partial charge is 0.365 e. The summed E-state index contributed by atoms with van der Waals surface area (Å²) in [5.41, 5.74) is 5.73. The van der Waals surface area contributed by atoms with Gasteiger partial charge >= 0.3 is 0 Å². The van der Waals surface area contributed by atoms with Gasteiger partial charge in [0.1, 0.15) is 17.3 Å². The van der Waals surface area contributed by atoms with E-state index in [1.165, 1.54) is 18.2 Å². The van der Waals surface area contributed by atoms with Gasteiger partial charge in [0, 0.05) is 19.1 Å². The first kappa shape index (κ1) is 15.7. The third-order valence-electron chi connectivity index (χ3n) is 3.72. The lowest BCUT2D eigenvalue weighted by Gasteiger charge is -2.21. The van der Waals surface area contributed by atoms with Gasteiger partial charge in [0.05, 0.1) is 6.04 Å². The molecule has 116 valence electrons. The van der Waals surface area contributed by atoms with Crippen LogP contribution in [0.2, 0.25) is 0 Å². The Bertz CT molecular complexity index is 489. The van der Waals surface area contributed by atoms with Gasteiger partial charge in [-0.1, -0.05) is 19.4 Å². The minimum absolute atomic E-state index is 0.0212. The van der Waals surface area contributed by atoms with E-state index in [-0.39, 0.29) is 17.6 Å². The van der Waals surface area contributed by atoms with E-state index in [0.29, 0.717) is 25.9 Å². The van der Waals surface area contributed by atoms with Crippen LogP contribution in [0.5, 0.6) is 0 Å².